The van der Waals surface area contributed by atoms with Gasteiger partial charge in [-0.2, -0.15) is 0 Å². The zero-order chi connectivity index (χ0) is 23.0. The number of nitrogens with zero attached hydrogens (tertiary/aromatic N) is 5. The average molecular weight is 441 g/mol. The molecule has 0 atom stereocenters. The summed E-state index contributed by atoms with van der Waals surface area (Å²) in [6.07, 6.45) is 0.366. The van der Waals surface area contributed by atoms with Crippen molar-refractivity contribution in [3.05, 3.63) is 69.3 Å². The zero-order valence-electron chi connectivity index (χ0n) is 18.1. The maximum absolute atomic E-state index is 13.1. The Balaban J connectivity index is 1.61. The Morgan fingerprint density at radius 3 is 2.59 bits per heavy atom. The Hall–Kier alpha value is -3.40. The van der Waals surface area contributed by atoms with Crippen molar-refractivity contribution in [1.29, 1.82) is 0 Å². The van der Waals surface area contributed by atoms with Crippen LogP contribution in [0, 0.1) is 12.7 Å². The molecule has 0 aliphatic carbocycles. The topological polar surface area (TPSA) is 114 Å². The second-order valence-corrected chi connectivity index (χ2v) is 8.33. The third kappa shape index (κ3) is 4.05. The highest BCUT2D eigenvalue weighted by molar-refractivity contribution is 5.96. The first-order valence-electron chi connectivity index (χ1n) is 10.3. The number of hydrogen-bond donors (Lipinski definition) is 1. The smallest absolute Gasteiger partial charge is 0.296 e. The molecule has 168 valence electrons. The summed E-state index contributed by atoms with van der Waals surface area (Å²) in [7, 11) is 0. The van der Waals surface area contributed by atoms with Crippen molar-refractivity contribution in [3.8, 4) is 5.75 Å². The fourth-order valence-corrected chi connectivity index (χ4v) is 3.92. The van der Waals surface area contributed by atoms with Gasteiger partial charge in [-0.05, 0) is 38.0 Å². The summed E-state index contributed by atoms with van der Waals surface area (Å²) < 4.78 is 20.0. The van der Waals surface area contributed by atoms with Crippen LogP contribution in [0.3, 0.4) is 0 Å². The lowest BCUT2D eigenvalue weighted by atomic mass is 9.97. The molecular formula is C22H24FN5O4. The predicted octanol–water partition coefficient (Wildman–Crippen LogP) is 2.35. The van der Waals surface area contributed by atoms with Crippen molar-refractivity contribution in [2.24, 2.45) is 0 Å². The molecule has 9 nitrogen and oxygen atoms in total. The fourth-order valence-electron chi connectivity index (χ4n) is 3.92. The number of aryl methyl sites for hydroxylation is 2. The second kappa shape index (κ2) is 8.27. The first-order valence-corrected chi connectivity index (χ1v) is 10.3. The summed E-state index contributed by atoms with van der Waals surface area (Å²) >= 11 is 0. The number of Topliss-reactive ketones (excluding diaryl/α,β-unsaturated/α-hetero) is 1. The minimum absolute atomic E-state index is 0.0283. The molecule has 2 aromatic heterocycles. The Morgan fingerprint density at radius 2 is 1.94 bits per heavy atom. The van der Waals surface area contributed by atoms with E-state index in [1.807, 2.05) is 18.7 Å². The molecular weight excluding hydrogens is 417 g/mol. The van der Waals surface area contributed by atoms with Gasteiger partial charge in [0.15, 0.2) is 11.5 Å². The van der Waals surface area contributed by atoms with Crippen molar-refractivity contribution < 1.29 is 18.7 Å². The molecule has 0 saturated carbocycles. The first kappa shape index (κ1) is 21.8. The standard InChI is InChI=1S/C22H24FN5O4/c1-13-25-26-17(32-13)12-27-10-11-28-20(31)19(30)18(24-21(28)22(27,2)3)16(29)9-6-14-4-7-15(23)8-5-14/h4-5,7-8,30H,6,9-12H2,1-3H3. The second-order valence-electron chi connectivity index (χ2n) is 8.33. The van der Waals surface area contributed by atoms with Crippen LogP contribution in [0.25, 0.3) is 0 Å². The maximum Gasteiger partial charge on any atom is 0.296 e. The SMILES string of the molecule is Cc1nnc(CN2CCn3c(nc(C(=O)CCc4ccc(F)cc4)c(O)c3=O)C2(C)C)o1. The molecule has 3 aromatic rings. The molecule has 1 aliphatic heterocycles. The van der Waals surface area contributed by atoms with Gasteiger partial charge in [0, 0.05) is 26.4 Å². The number of fused-ring (bicyclic) bond motifs is 1. The van der Waals surface area contributed by atoms with Gasteiger partial charge in [0.05, 0.1) is 12.1 Å². The highest BCUT2D eigenvalue weighted by atomic mass is 19.1. The van der Waals surface area contributed by atoms with E-state index in [-0.39, 0.29) is 17.9 Å². The number of hydrogen-bond acceptors (Lipinski definition) is 8. The van der Waals surface area contributed by atoms with Crippen molar-refractivity contribution in [2.45, 2.75) is 52.2 Å². The lowest BCUT2D eigenvalue weighted by molar-refractivity contribution is 0.0563. The summed E-state index contributed by atoms with van der Waals surface area (Å²) in [5.41, 5.74) is -0.844. The summed E-state index contributed by atoms with van der Waals surface area (Å²) in [4.78, 5) is 32.1. The molecule has 4 rings (SSSR count). The lowest BCUT2D eigenvalue weighted by Crippen LogP contribution is -2.52. The summed E-state index contributed by atoms with van der Waals surface area (Å²) in [5, 5.41) is 18.3. The van der Waals surface area contributed by atoms with Crippen LogP contribution in [-0.4, -0.2) is 42.1 Å². The molecule has 1 aromatic carbocycles. The van der Waals surface area contributed by atoms with Crippen molar-refractivity contribution >= 4 is 5.78 Å². The highest BCUT2D eigenvalue weighted by Gasteiger charge is 2.39. The normalized spacial score (nSPS) is 15.5. The first-order chi connectivity index (χ1) is 15.2. The van der Waals surface area contributed by atoms with Gasteiger partial charge >= 0.3 is 0 Å². The molecule has 10 heteroatoms. The number of halogens is 1. The zero-order valence-corrected chi connectivity index (χ0v) is 18.1. The van der Waals surface area contributed by atoms with Crippen molar-refractivity contribution in [3.63, 3.8) is 0 Å². The van der Waals surface area contributed by atoms with Crippen molar-refractivity contribution in [1.82, 2.24) is 24.6 Å². The van der Waals surface area contributed by atoms with Crippen LogP contribution in [-0.2, 0) is 25.0 Å². The molecule has 0 unspecified atom stereocenters. The molecule has 0 fully saturated rings. The number of carbonyl (C=O) groups excluding carboxylic acids is 1. The molecule has 32 heavy (non-hydrogen) atoms. The average Bonchev–Trinajstić information content (AvgIpc) is 3.16. The number of ketones is 1. The van der Waals surface area contributed by atoms with Gasteiger partial charge in [-0.1, -0.05) is 12.1 Å². The minimum atomic E-state index is -0.737. The number of aromatic nitrogens is 4. The van der Waals surface area contributed by atoms with E-state index in [4.69, 9.17) is 4.42 Å². The van der Waals surface area contributed by atoms with E-state index in [1.165, 1.54) is 16.7 Å². The van der Waals surface area contributed by atoms with Gasteiger partial charge in [0.25, 0.3) is 5.56 Å². The lowest BCUT2D eigenvalue weighted by Gasteiger charge is -2.42. The van der Waals surface area contributed by atoms with Gasteiger partial charge in [-0.25, -0.2) is 9.37 Å². The van der Waals surface area contributed by atoms with Crippen LogP contribution in [0.15, 0.2) is 33.5 Å². The fraction of sp³-hybridized carbons (Fsp3) is 0.409. The van der Waals surface area contributed by atoms with Crippen LogP contribution in [0.4, 0.5) is 4.39 Å². The molecule has 3 heterocycles. The number of rotatable bonds is 6. The van der Waals surface area contributed by atoms with E-state index >= 15 is 0 Å². The number of aromatic hydroxyl groups is 1. The molecule has 0 spiro atoms. The van der Waals surface area contributed by atoms with Gasteiger partial charge < -0.3 is 9.52 Å². The summed E-state index contributed by atoms with van der Waals surface area (Å²) in [6, 6.07) is 5.83. The van der Waals surface area contributed by atoms with Crippen molar-refractivity contribution in [2.75, 3.05) is 6.54 Å². The van der Waals surface area contributed by atoms with Gasteiger partial charge in [-0.3, -0.25) is 19.1 Å². The Kier molecular flexibility index (Phi) is 5.64. The van der Waals surface area contributed by atoms with E-state index in [0.717, 1.165) is 5.56 Å². The summed E-state index contributed by atoms with van der Waals surface area (Å²) in [5.74, 6) is -0.163. The maximum atomic E-state index is 13.1. The van der Waals surface area contributed by atoms with Gasteiger partial charge in [0.2, 0.25) is 17.5 Å². The van der Waals surface area contributed by atoms with Crippen LogP contribution in [0.1, 0.15) is 53.9 Å². The van der Waals surface area contributed by atoms with E-state index in [9.17, 15) is 19.1 Å². The largest absolute Gasteiger partial charge is 0.501 e. The van der Waals surface area contributed by atoms with E-state index in [1.54, 1.807) is 19.1 Å². The molecule has 0 radical (unpaired) electrons. The van der Waals surface area contributed by atoms with E-state index in [0.29, 0.717) is 43.7 Å². The Morgan fingerprint density at radius 1 is 1.22 bits per heavy atom. The van der Waals surface area contributed by atoms with Crippen LogP contribution in [0.2, 0.25) is 0 Å². The van der Waals surface area contributed by atoms with E-state index < -0.39 is 22.6 Å². The quantitative estimate of drug-likeness (QED) is 0.580. The molecule has 1 aliphatic rings. The predicted molar refractivity (Wildman–Crippen MR) is 112 cm³/mol. The third-order valence-corrected chi connectivity index (χ3v) is 5.79. The Labute approximate surface area is 183 Å². The minimum Gasteiger partial charge on any atom is -0.501 e. The number of benzene rings is 1. The van der Waals surface area contributed by atoms with Gasteiger partial charge in [0.1, 0.15) is 11.6 Å². The van der Waals surface area contributed by atoms with Gasteiger partial charge in [-0.15, -0.1) is 10.2 Å². The highest BCUT2D eigenvalue weighted by Crippen LogP contribution is 2.32. The Bertz CT molecular complexity index is 1220. The van der Waals surface area contributed by atoms with Crippen LogP contribution in [0.5, 0.6) is 5.75 Å². The summed E-state index contributed by atoms with van der Waals surface area (Å²) in [6.45, 7) is 6.64. The molecule has 0 bridgehead atoms. The number of carbonyl (C=O) groups is 1. The van der Waals surface area contributed by atoms with Crippen LogP contribution >= 0.6 is 0 Å². The third-order valence-electron chi connectivity index (χ3n) is 5.79. The molecule has 1 N–H and O–H groups in total. The van der Waals surface area contributed by atoms with E-state index in [2.05, 4.69) is 15.2 Å². The molecule has 0 amide bonds. The van der Waals surface area contributed by atoms with Crippen LogP contribution < -0.4 is 5.56 Å². The molecule has 0 saturated heterocycles. The monoisotopic (exact) mass is 441 g/mol.